The maximum Gasteiger partial charge on any atom is 0.319 e. The Balaban J connectivity index is 1.52. The maximum atomic E-state index is 12.7. The zero-order valence-electron chi connectivity index (χ0n) is 16.8. The third-order valence-electron chi connectivity index (χ3n) is 5.65. The van der Waals surface area contributed by atoms with Gasteiger partial charge in [-0.05, 0) is 62.3 Å². The van der Waals surface area contributed by atoms with E-state index in [0.717, 1.165) is 57.4 Å². The Morgan fingerprint density at radius 3 is 2.36 bits per heavy atom. The number of carbonyl (C=O) groups is 3. The fourth-order valence-electron chi connectivity index (χ4n) is 3.73. The molecule has 7 heteroatoms. The Kier molecular flexibility index (Phi) is 6.54. The molecule has 0 radical (unpaired) electrons. The average molecular weight is 386 g/mol. The minimum Gasteiger partial charge on any atom is -0.341 e. The molecule has 0 atom stereocenters. The van der Waals surface area contributed by atoms with Crippen molar-refractivity contribution in [2.45, 2.75) is 39.5 Å². The molecule has 3 rings (SSSR count). The number of carbonyl (C=O) groups excluding carboxylic acids is 3. The molecule has 152 valence electrons. The number of nitrogens with zero attached hydrogens (tertiary/aromatic N) is 2. The topological polar surface area (TPSA) is 81.8 Å². The Bertz CT molecular complexity index is 735. The SMILES string of the molecule is Cc1cc(C(=O)N2CCC(C)CC2)ccc1NC(=O)NCC(=O)N1CCCC1. The van der Waals surface area contributed by atoms with Crippen molar-refractivity contribution in [1.29, 1.82) is 0 Å². The second kappa shape index (κ2) is 9.08. The van der Waals surface area contributed by atoms with Gasteiger partial charge in [0.15, 0.2) is 0 Å². The number of amides is 4. The first-order valence-electron chi connectivity index (χ1n) is 10.2. The van der Waals surface area contributed by atoms with E-state index in [4.69, 9.17) is 0 Å². The van der Waals surface area contributed by atoms with E-state index in [1.54, 1.807) is 17.0 Å². The van der Waals surface area contributed by atoms with E-state index < -0.39 is 6.03 Å². The Morgan fingerprint density at radius 1 is 1.04 bits per heavy atom. The summed E-state index contributed by atoms with van der Waals surface area (Å²) in [4.78, 5) is 40.5. The van der Waals surface area contributed by atoms with E-state index in [-0.39, 0.29) is 18.4 Å². The average Bonchev–Trinajstić information content (AvgIpc) is 3.22. The number of hydrogen-bond acceptors (Lipinski definition) is 3. The van der Waals surface area contributed by atoms with Gasteiger partial charge in [-0.25, -0.2) is 4.79 Å². The predicted molar refractivity (Wildman–Crippen MR) is 108 cm³/mol. The molecule has 0 aromatic heterocycles. The summed E-state index contributed by atoms with van der Waals surface area (Å²) in [7, 11) is 0. The summed E-state index contributed by atoms with van der Waals surface area (Å²) in [5.74, 6) is 0.664. The van der Waals surface area contributed by atoms with Crippen molar-refractivity contribution in [2.24, 2.45) is 5.92 Å². The molecule has 28 heavy (non-hydrogen) atoms. The minimum absolute atomic E-state index is 0.00513. The number of rotatable bonds is 4. The standard InChI is InChI=1S/C21H30N4O3/c1-15-7-11-25(12-8-15)20(27)17-5-6-18(16(2)13-17)23-21(28)22-14-19(26)24-9-3-4-10-24/h5-6,13,15H,3-4,7-12,14H2,1-2H3,(H2,22,23,28). The van der Waals surface area contributed by atoms with Crippen LogP contribution in [-0.2, 0) is 4.79 Å². The number of anilines is 1. The van der Waals surface area contributed by atoms with Crippen LogP contribution < -0.4 is 10.6 Å². The van der Waals surface area contributed by atoms with Crippen molar-refractivity contribution in [3.8, 4) is 0 Å². The van der Waals surface area contributed by atoms with Crippen LogP contribution in [0.15, 0.2) is 18.2 Å². The number of urea groups is 1. The van der Waals surface area contributed by atoms with Gasteiger partial charge in [-0.15, -0.1) is 0 Å². The first-order chi connectivity index (χ1) is 13.4. The molecule has 2 fully saturated rings. The van der Waals surface area contributed by atoms with E-state index in [1.165, 1.54) is 0 Å². The van der Waals surface area contributed by atoms with Crippen molar-refractivity contribution in [3.05, 3.63) is 29.3 Å². The van der Waals surface area contributed by atoms with Crippen molar-refractivity contribution in [1.82, 2.24) is 15.1 Å². The van der Waals surface area contributed by atoms with Gasteiger partial charge in [-0.2, -0.15) is 0 Å². The molecule has 1 aromatic carbocycles. The summed E-state index contributed by atoms with van der Waals surface area (Å²) in [5.41, 5.74) is 2.09. The number of aryl methyl sites for hydroxylation is 1. The summed E-state index contributed by atoms with van der Waals surface area (Å²) in [6.45, 7) is 7.21. The lowest BCUT2D eigenvalue weighted by Crippen LogP contribution is -2.40. The molecule has 0 spiro atoms. The van der Waals surface area contributed by atoms with Crippen molar-refractivity contribution >= 4 is 23.5 Å². The fourth-order valence-corrected chi connectivity index (χ4v) is 3.73. The summed E-state index contributed by atoms with van der Waals surface area (Å²) in [6.07, 6.45) is 4.14. The third kappa shape index (κ3) is 5.03. The molecular formula is C21H30N4O3. The Morgan fingerprint density at radius 2 is 1.71 bits per heavy atom. The number of hydrogen-bond donors (Lipinski definition) is 2. The number of likely N-dealkylation sites (tertiary alicyclic amines) is 2. The van der Waals surface area contributed by atoms with Crippen LogP contribution in [0.4, 0.5) is 10.5 Å². The first kappa shape index (κ1) is 20.2. The minimum atomic E-state index is -0.417. The zero-order chi connectivity index (χ0) is 20.1. The summed E-state index contributed by atoms with van der Waals surface area (Å²) in [6, 6.07) is 4.89. The normalized spacial score (nSPS) is 17.5. The lowest BCUT2D eigenvalue weighted by atomic mass is 9.98. The van der Waals surface area contributed by atoms with Gasteiger partial charge in [0.2, 0.25) is 5.91 Å². The molecule has 2 saturated heterocycles. The van der Waals surface area contributed by atoms with Crippen LogP contribution >= 0.6 is 0 Å². The van der Waals surface area contributed by atoms with E-state index in [9.17, 15) is 14.4 Å². The summed E-state index contributed by atoms with van der Waals surface area (Å²) in [5, 5.41) is 5.37. The summed E-state index contributed by atoms with van der Waals surface area (Å²) < 4.78 is 0. The van der Waals surface area contributed by atoms with Gasteiger partial charge in [0, 0.05) is 37.4 Å². The van der Waals surface area contributed by atoms with Gasteiger partial charge in [-0.1, -0.05) is 6.92 Å². The van der Waals surface area contributed by atoms with Crippen molar-refractivity contribution in [3.63, 3.8) is 0 Å². The van der Waals surface area contributed by atoms with Crippen LogP contribution in [0.2, 0.25) is 0 Å². The zero-order valence-corrected chi connectivity index (χ0v) is 16.8. The van der Waals surface area contributed by atoms with Gasteiger partial charge in [0.1, 0.15) is 0 Å². The molecule has 2 heterocycles. The highest BCUT2D eigenvalue weighted by atomic mass is 16.2. The van der Waals surface area contributed by atoms with E-state index in [0.29, 0.717) is 17.2 Å². The highest BCUT2D eigenvalue weighted by Crippen LogP contribution is 2.21. The molecular weight excluding hydrogens is 356 g/mol. The van der Waals surface area contributed by atoms with Crippen LogP contribution in [0.1, 0.15) is 48.5 Å². The van der Waals surface area contributed by atoms with Crippen LogP contribution in [0.25, 0.3) is 0 Å². The lowest BCUT2D eigenvalue weighted by molar-refractivity contribution is -0.128. The Hall–Kier alpha value is -2.57. The third-order valence-corrected chi connectivity index (χ3v) is 5.65. The molecule has 0 bridgehead atoms. The molecule has 1 aromatic rings. The first-order valence-corrected chi connectivity index (χ1v) is 10.2. The molecule has 0 unspecified atom stereocenters. The molecule has 2 N–H and O–H groups in total. The highest BCUT2D eigenvalue weighted by Gasteiger charge is 2.22. The smallest absolute Gasteiger partial charge is 0.319 e. The molecule has 7 nitrogen and oxygen atoms in total. The molecule has 2 aliphatic heterocycles. The maximum absolute atomic E-state index is 12.7. The number of piperidine rings is 1. The molecule has 4 amide bonds. The van der Waals surface area contributed by atoms with Gasteiger partial charge in [0.05, 0.1) is 6.54 Å². The van der Waals surface area contributed by atoms with Crippen molar-refractivity contribution < 1.29 is 14.4 Å². The van der Waals surface area contributed by atoms with E-state index in [1.807, 2.05) is 17.9 Å². The monoisotopic (exact) mass is 386 g/mol. The molecule has 0 saturated carbocycles. The van der Waals surface area contributed by atoms with E-state index >= 15 is 0 Å². The number of nitrogens with one attached hydrogen (secondary N) is 2. The second-order valence-corrected chi connectivity index (χ2v) is 7.90. The van der Waals surface area contributed by atoms with Crippen LogP contribution in [0.3, 0.4) is 0 Å². The second-order valence-electron chi connectivity index (χ2n) is 7.90. The number of benzene rings is 1. The van der Waals surface area contributed by atoms with Gasteiger partial charge < -0.3 is 20.4 Å². The van der Waals surface area contributed by atoms with Crippen molar-refractivity contribution in [2.75, 3.05) is 38.0 Å². The fraction of sp³-hybridized carbons (Fsp3) is 0.571. The quantitative estimate of drug-likeness (QED) is 0.835. The van der Waals surface area contributed by atoms with Crippen LogP contribution in [0.5, 0.6) is 0 Å². The predicted octanol–water partition coefficient (Wildman–Crippen LogP) is 2.61. The highest BCUT2D eigenvalue weighted by molar-refractivity contribution is 5.97. The Labute approximate surface area is 166 Å². The van der Waals surface area contributed by atoms with Crippen LogP contribution in [-0.4, -0.2) is 60.4 Å². The van der Waals surface area contributed by atoms with Crippen LogP contribution in [0, 0.1) is 12.8 Å². The van der Waals surface area contributed by atoms with Gasteiger partial charge >= 0.3 is 6.03 Å². The molecule has 0 aliphatic carbocycles. The summed E-state index contributed by atoms with van der Waals surface area (Å²) >= 11 is 0. The van der Waals surface area contributed by atoms with Gasteiger partial charge in [-0.3, -0.25) is 9.59 Å². The molecule has 2 aliphatic rings. The lowest BCUT2D eigenvalue weighted by Gasteiger charge is -2.30. The van der Waals surface area contributed by atoms with E-state index in [2.05, 4.69) is 17.6 Å². The largest absolute Gasteiger partial charge is 0.341 e. The van der Waals surface area contributed by atoms with Gasteiger partial charge in [0.25, 0.3) is 5.91 Å².